The minimum Gasteiger partial charge on any atom is -0.402 e. The van der Waals surface area contributed by atoms with E-state index in [0.717, 1.165) is 0 Å². The van der Waals surface area contributed by atoms with Crippen LogP contribution in [0.2, 0.25) is 0 Å². The summed E-state index contributed by atoms with van der Waals surface area (Å²) in [7, 11) is 0. The smallest absolute Gasteiger partial charge is 0.0387 e. The van der Waals surface area contributed by atoms with Gasteiger partial charge in [0, 0.05) is 29.4 Å². The molecule has 0 spiro atoms. The van der Waals surface area contributed by atoms with Crippen molar-refractivity contribution in [3.63, 3.8) is 0 Å². The third-order valence-electron chi connectivity index (χ3n) is 1.14. The number of hydrogen-bond donors (Lipinski definition) is 2. The molecular weight excluding hydrogens is 138 g/mol. The molecule has 0 heterocycles. The first-order valence-corrected chi connectivity index (χ1v) is 3.25. The SMILES string of the molecule is C=CN=C/C(C(C)=N)=C(\C)N. The summed E-state index contributed by atoms with van der Waals surface area (Å²) in [5, 5.41) is 7.30. The maximum absolute atomic E-state index is 7.30. The van der Waals surface area contributed by atoms with Gasteiger partial charge < -0.3 is 11.1 Å². The molecule has 0 aromatic heterocycles. The van der Waals surface area contributed by atoms with Gasteiger partial charge in [0.25, 0.3) is 0 Å². The van der Waals surface area contributed by atoms with Gasteiger partial charge in [-0.15, -0.1) is 0 Å². The Hall–Kier alpha value is -1.38. The van der Waals surface area contributed by atoms with Gasteiger partial charge >= 0.3 is 0 Å². The lowest BCUT2D eigenvalue weighted by Crippen LogP contribution is -2.06. The number of allylic oxidation sites excluding steroid dienone is 2. The minimum absolute atomic E-state index is 0.413. The molecule has 3 heteroatoms. The van der Waals surface area contributed by atoms with Crippen LogP contribution in [0.4, 0.5) is 0 Å². The molecule has 0 saturated carbocycles. The van der Waals surface area contributed by atoms with Gasteiger partial charge in [0.15, 0.2) is 0 Å². The lowest BCUT2D eigenvalue weighted by Gasteiger charge is -1.99. The largest absolute Gasteiger partial charge is 0.402 e. The van der Waals surface area contributed by atoms with Crippen molar-refractivity contribution in [2.75, 3.05) is 0 Å². The second-order valence-corrected chi connectivity index (χ2v) is 2.18. The molecule has 3 N–H and O–H groups in total. The van der Waals surface area contributed by atoms with Crippen LogP contribution in [0.5, 0.6) is 0 Å². The maximum Gasteiger partial charge on any atom is 0.0387 e. The molecule has 0 aromatic carbocycles. The highest BCUT2D eigenvalue weighted by molar-refractivity contribution is 6.14. The topological polar surface area (TPSA) is 62.2 Å². The fourth-order valence-corrected chi connectivity index (χ4v) is 0.622. The van der Waals surface area contributed by atoms with Crippen molar-refractivity contribution in [1.29, 1.82) is 5.41 Å². The van der Waals surface area contributed by atoms with E-state index >= 15 is 0 Å². The first-order valence-electron chi connectivity index (χ1n) is 3.25. The third kappa shape index (κ3) is 3.35. The third-order valence-corrected chi connectivity index (χ3v) is 1.14. The average molecular weight is 151 g/mol. The first-order chi connectivity index (χ1) is 5.09. The molecule has 0 unspecified atom stereocenters. The van der Waals surface area contributed by atoms with Crippen LogP contribution in [0, 0.1) is 5.41 Å². The zero-order valence-corrected chi connectivity index (χ0v) is 6.89. The number of nitrogens with one attached hydrogen (secondary N) is 1. The van der Waals surface area contributed by atoms with Gasteiger partial charge in [0.05, 0.1) is 0 Å². The van der Waals surface area contributed by atoms with Crippen molar-refractivity contribution in [1.82, 2.24) is 0 Å². The zero-order chi connectivity index (χ0) is 8.85. The molecule has 0 saturated heterocycles. The van der Waals surface area contributed by atoms with Gasteiger partial charge in [-0.3, -0.25) is 4.99 Å². The standard InChI is InChI=1S/C8H13N3/c1-4-11-5-8(6(2)9)7(3)10/h4-5,9H,1,10H2,2-3H3/b8-7-,9-6?,11-5?. The van der Waals surface area contributed by atoms with Crippen LogP contribution in [-0.2, 0) is 0 Å². The summed E-state index contributed by atoms with van der Waals surface area (Å²) in [6.45, 7) is 6.83. The number of aliphatic imine (C=N–C) groups is 1. The molecule has 0 bridgehead atoms. The highest BCUT2D eigenvalue weighted by Crippen LogP contribution is 1.97. The second-order valence-electron chi connectivity index (χ2n) is 2.18. The molecule has 0 atom stereocenters. The zero-order valence-electron chi connectivity index (χ0n) is 6.89. The van der Waals surface area contributed by atoms with Crippen molar-refractivity contribution in [2.24, 2.45) is 10.7 Å². The van der Waals surface area contributed by atoms with E-state index in [1.54, 1.807) is 13.8 Å². The summed E-state index contributed by atoms with van der Waals surface area (Å²) in [5.41, 5.74) is 7.16. The Labute approximate surface area is 66.8 Å². The number of nitrogens with zero attached hydrogens (tertiary/aromatic N) is 1. The van der Waals surface area contributed by atoms with E-state index in [1.165, 1.54) is 12.4 Å². The highest BCUT2D eigenvalue weighted by atomic mass is 14.7. The molecule has 0 aliphatic carbocycles. The van der Waals surface area contributed by atoms with Crippen molar-refractivity contribution < 1.29 is 0 Å². The summed E-state index contributed by atoms with van der Waals surface area (Å²) in [6, 6.07) is 0. The molecule has 0 amide bonds. The lowest BCUT2D eigenvalue weighted by atomic mass is 10.1. The number of nitrogens with two attached hydrogens (primary N) is 1. The molecule has 60 valence electrons. The van der Waals surface area contributed by atoms with Crippen molar-refractivity contribution in [2.45, 2.75) is 13.8 Å². The lowest BCUT2D eigenvalue weighted by molar-refractivity contribution is 1.29. The van der Waals surface area contributed by atoms with Gasteiger partial charge in [-0.05, 0) is 13.8 Å². The van der Waals surface area contributed by atoms with Crippen LogP contribution in [0.15, 0.2) is 29.0 Å². The van der Waals surface area contributed by atoms with E-state index in [0.29, 0.717) is 17.0 Å². The van der Waals surface area contributed by atoms with Crippen LogP contribution >= 0.6 is 0 Å². The van der Waals surface area contributed by atoms with E-state index < -0.39 is 0 Å². The Morgan fingerprint density at radius 2 is 2.09 bits per heavy atom. The summed E-state index contributed by atoms with van der Waals surface area (Å²) in [5.74, 6) is 0. The Kier molecular flexibility index (Phi) is 3.88. The quantitative estimate of drug-likeness (QED) is 0.589. The molecule has 0 fully saturated rings. The molecule has 0 aliphatic heterocycles. The molecule has 3 nitrogen and oxygen atoms in total. The summed E-state index contributed by atoms with van der Waals surface area (Å²) < 4.78 is 0. The van der Waals surface area contributed by atoms with Gasteiger partial charge in [-0.1, -0.05) is 6.58 Å². The predicted octanol–water partition coefficient (Wildman–Crippen LogP) is 1.47. The molecule has 0 aromatic rings. The summed E-state index contributed by atoms with van der Waals surface area (Å²) in [4.78, 5) is 3.77. The second kappa shape index (κ2) is 4.44. The summed E-state index contributed by atoms with van der Waals surface area (Å²) >= 11 is 0. The normalized spacial score (nSPS) is 12.9. The van der Waals surface area contributed by atoms with Crippen LogP contribution in [0.25, 0.3) is 0 Å². The van der Waals surface area contributed by atoms with Crippen LogP contribution in [0.3, 0.4) is 0 Å². The summed E-state index contributed by atoms with van der Waals surface area (Å²) in [6.07, 6.45) is 2.94. The van der Waals surface area contributed by atoms with Gasteiger partial charge in [-0.2, -0.15) is 0 Å². The molecule has 0 aliphatic rings. The Morgan fingerprint density at radius 1 is 1.55 bits per heavy atom. The van der Waals surface area contributed by atoms with E-state index in [9.17, 15) is 0 Å². The maximum atomic E-state index is 7.30. The first kappa shape index (κ1) is 9.62. The average Bonchev–Trinajstić information content (AvgIpc) is 1.87. The number of hydrogen-bond acceptors (Lipinski definition) is 3. The van der Waals surface area contributed by atoms with Crippen molar-refractivity contribution in [3.8, 4) is 0 Å². The van der Waals surface area contributed by atoms with Crippen LogP contribution < -0.4 is 5.73 Å². The molecule has 0 rings (SSSR count). The minimum atomic E-state index is 0.413. The van der Waals surface area contributed by atoms with Crippen molar-refractivity contribution >= 4 is 11.9 Å². The van der Waals surface area contributed by atoms with Gasteiger partial charge in [0.2, 0.25) is 0 Å². The van der Waals surface area contributed by atoms with Crippen LogP contribution in [-0.4, -0.2) is 11.9 Å². The molecule has 11 heavy (non-hydrogen) atoms. The Balaban J connectivity index is 4.64. The van der Waals surface area contributed by atoms with Crippen LogP contribution in [0.1, 0.15) is 13.8 Å². The van der Waals surface area contributed by atoms with E-state index in [4.69, 9.17) is 11.1 Å². The monoisotopic (exact) mass is 151 g/mol. The fourth-order valence-electron chi connectivity index (χ4n) is 0.622. The Bertz CT molecular complexity index is 219. The Morgan fingerprint density at radius 3 is 2.36 bits per heavy atom. The predicted molar refractivity (Wildman–Crippen MR) is 49.0 cm³/mol. The van der Waals surface area contributed by atoms with E-state index in [2.05, 4.69) is 11.6 Å². The number of rotatable bonds is 3. The van der Waals surface area contributed by atoms with Crippen molar-refractivity contribution in [3.05, 3.63) is 24.0 Å². The van der Waals surface area contributed by atoms with E-state index in [-0.39, 0.29) is 0 Å². The highest BCUT2D eigenvalue weighted by Gasteiger charge is 1.97. The molecular formula is C8H13N3. The fraction of sp³-hybridized carbons (Fsp3) is 0.250. The molecule has 0 radical (unpaired) electrons. The van der Waals surface area contributed by atoms with E-state index in [1.807, 2.05) is 0 Å². The van der Waals surface area contributed by atoms with Gasteiger partial charge in [-0.25, -0.2) is 0 Å². The van der Waals surface area contributed by atoms with Gasteiger partial charge in [0.1, 0.15) is 0 Å².